The Balaban J connectivity index is 1.43. The summed E-state index contributed by atoms with van der Waals surface area (Å²) < 4.78 is 12.7. The smallest absolute Gasteiger partial charge is 0.408 e. The predicted molar refractivity (Wildman–Crippen MR) is 134 cm³/mol. The zero-order valence-electron chi connectivity index (χ0n) is 20.8. The maximum atomic E-state index is 13.1. The van der Waals surface area contributed by atoms with Crippen LogP contribution in [-0.4, -0.2) is 49.9 Å². The van der Waals surface area contributed by atoms with Gasteiger partial charge in [-0.3, -0.25) is 9.78 Å². The summed E-state index contributed by atoms with van der Waals surface area (Å²) in [6, 6.07) is 12.5. The molecule has 2 amide bonds. The highest BCUT2D eigenvalue weighted by atomic mass is 16.6. The van der Waals surface area contributed by atoms with Crippen molar-refractivity contribution in [3.63, 3.8) is 0 Å². The first kappa shape index (κ1) is 24.9. The number of pyridine rings is 1. The minimum atomic E-state index is -0.836. The van der Waals surface area contributed by atoms with Crippen molar-refractivity contribution >= 4 is 22.9 Å². The first-order chi connectivity index (χ1) is 17.2. The number of amides is 2. The number of para-hydroxylation sites is 1. The van der Waals surface area contributed by atoms with Gasteiger partial charge < -0.3 is 24.5 Å². The number of ether oxygens (including phenoxy) is 1. The molecule has 1 unspecified atom stereocenters. The Labute approximate surface area is 209 Å². The molecule has 0 spiro atoms. The number of aromatic nitrogens is 4. The number of alkyl carbamates (subject to hydrolysis) is 1. The molecule has 188 valence electrons. The molecule has 2 N–H and O–H groups in total. The van der Waals surface area contributed by atoms with Crippen LogP contribution in [0.25, 0.3) is 22.4 Å². The largest absolute Gasteiger partial charge is 0.444 e. The number of hydrogen-bond acceptors (Lipinski definition) is 7. The van der Waals surface area contributed by atoms with E-state index in [2.05, 4.69) is 25.8 Å². The van der Waals surface area contributed by atoms with Crippen LogP contribution >= 0.6 is 0 Å². The molecule has 0 bridgehead atoms. The number of nitrogens with one attached hydrogen (secondary N) is 2. The minimum absolute atomic E-state index is 0.255. The summed E-state index contributed by atoms with van der Waals surface area (Å²) >= 11 is 0. The number of rotatable bonds is 8. The van der Waals surface area contributed by atoms with E-state index >= 15 is 0 Å². The van der Waals surface area contributed by atoms with Crippen LogP contribution in [0.15, 0.2) is 59.4 Å². The highest BCUT2D eigenvalue weighted by molar-refractivity contribution is 5.88. The van der Waals surface area contributed by atoms with Gasteiger partial charge in [0.25, 0.3) is 0 Å². The molecule has 0 radical (unpaired) electrons. The van der Waals surface area contributed by atoms with E-state index in [9.17, 15) is 9.59 Å². The van der Waals surface area contributed by atoms with Crippen LogP contribution < -0.4 is 10.6 Å². The molecule has 0 aliphatic carbocycles. The summed E-state index contributed by atoms with van der Waals surface area (Å²) in [6.45, 7) is 5.58. The highest BCUT2D eigenvalue weighted by Gasteiger charge is 2.26. The Bertz CT molecular complexity index is 1340. The van der Waals surface area contributed by atoms with Gasteiger partial charge in [0.05, 0.1) is 0 Å². The maximum Gasteiger partial charge on any atom is 0.408 e. The molecule has 4 aromatic rings. The van der Waals surface area contributed by atoms with Crippen molar-refractivity contribution in [2.24, 2.45) is 7.05 Å². The predicted octanol–water partition coefficient (Wildman–Crippen LogP) is 3.42. The van der Waals surface area contributed by atoms with E-state index < -0.39 is 17.7 Å². The van der Waals surface area contributed by atoms with Crippen LogP contribution in [-0.2, 0) is 29.4 Å². The first-order valence-corrected chi connectivity index (χ1v) is 11.7. The molecule has 0 aliphatic rings. The van der Waals surface area contributed by atoms with Gasteiger partial charge in [0.1, 0.15) is 17.3 Å². The fourth-order valence-corrected chi connectivity index (χ4v) is 3.84. The molecule has 1 aromatic carbocycles. The summed E-state index contributed by atoms with van der Waals surface area (Å²) in [5.74, 6) is 0.428. The third kappa shape index (κ3) is 6.26. The third-order valence-corrected chi connectivity index (χ3v) is 5.41. The van der Waals surface area contributed by atoms with E-state index in [1.54, 1.807) is 39.1 Å². The summed E-state index contributed by atoms with van der Waals surface area (Å²) in [4.78, 5) is 34.2. The molecule has 10 nitrogen and oxygen atoms in total. The lowest BCUT2D eigenvalue weighted by atomic mass is 10.0. The molecule has 0 fully saturated rings. The van der Waals surface area contributed by atoms with Gasteiger partial charge >= 0.3 is 6.09 Å². The number of hydrogen-bond donors (Lipinski definition) is 2. The molecule has 3 heterocycles. The zero-order chi connectivity index (χ0) is 25.7. The van der Waals surface area contributed by atoms with Gasteiger partial charge in [-0.1, -0.05) is 29.4 Å². The van der Waals surface area contributed by atoms with Crippen molar-refractivity contribution in [2.75, 3.05) is 6.54 Å². The van der Waals surface area contributed by atoms with Crippen molar-refractivity contribution in [3.8, 4) is 11.5 Å². The maximum absolute atomic E-state index is 13.1. The fraction of sp³-hybridized carbons (Fsp3) is 0.346. The molecule has 10 heteroatoms. The van der Waals surface area contributed by atoms with Gasteiger partial charge in [-0.05, 0) is 44.5 Å². The Morgan fingerprint density at radius 1 is 1.14 bits per heavy atom. The van der Waals surface area contributed by atoms with Crippen molar-refractivity contribution in [1.29, 1.82) is 0 Å². The second kappa shape index (κ2) is 10.6. The second-order valence-corrected chi connectivity index (χ2v) is 9.45. The normalized spacial score (nSPS) is 12.3. The molecular weight excluding hydrogens is 460 g/mol. The van der Waals surface area contributed by atoms with E-state index in [1.807, 2.05) is 48.1 Å². The Morgan fingerprint density at radius 2 is 1.92 bits per heavy atom. The number of fused-ring (bicyclic) bond motifs is 1. The highest BCUT2D eigenvalue weighted by Crippen LogP contribution is 2.22. The van der Waals surface area contributed by atoms with Gasteiger partial charge in [0.2, 0.25) is 17.6 Å². The summed E-state index contributed by atoms with van der Waals surface area (Å²) in [5.41, 5.74) is 1.91. The summed E-state index contributed by atoms with van der Waals surface area (Å²) in [5, 5.41) is 10.6. The minimum Gasteiger partial charge on any atom is -0.444 e. The van der Waals surface area contributed by atoms with E-state index in [1.165, 1.54) is 0 Å². The second-order valence-electron chi connectivity index (χ2n) is 9.45. The van der Waals surface area contributed by atoms with Gasteiger partial charge in [-0.25, -0.2) is 4.79 Å². The quantitative estimate of drug-likeness (QED) is 0.388. The average Bonchev–Trinajstić information content (AvgIpc) is 3.43. The van der Waals surface area contributed by atoms with Crippen LogP contribution in [0.5, 0.6) is 0 Å². The van der Waals surface area contributed by atoms with E-state index in [0.29, 0.717) is 30.3 Å². The molecule has 3 aromatic heterocycles. The lowest BCUT2D eigenvalue weighted by Crippen LogP contribution is -2.49. The number of aryl methyl sites for hydroxylation is 1. The van der Waals surface area contributed by atoms with Crippen LogP contribution in [0.2, 0.25) is 0 Å². The third-order valence-electron chi connectivity index (χ3n) is 5.41. The molecular formula is C26H30N6O4. The van der Waals surface area contributed by atoms with Crippen molar-refractivity contribution in [3.05, 3.63) is 66.3 Å². The van der Waals surface area contributed by atoms with E-state index in [-0.39, 0.29) is 12.5 Å². The van der Waals surface area contributed by atoms with Gasteiger partial charge in [-0.2, -0.15) is 4.98 Å². The summed E-state index contributed by atoms with van der Waals surface area (Å²) in [6.07, 6.45) is 3.61. The summed E-state index contributed by atoms with van der Waals surface area (Å²) in [7, 11) is 1.95. The Kier molecular flexibility index (Phi) is 7.33. The fourth-order valence-electron chi connectivity index (χ4n) is 3.84. The lowest BCUT2D eigenvalue weighted by molar-refractivity contribution is -0.123. The monoisotopic (exact) mass is 490 g/mol. The molecule has 0 saturated heterocycles. The van der Waals surface area contributed by atoms with Crippen LogP contribution in [0, 0.1) is 0 Å². The zero-order valence-corrected chi connectivity index (χ0v) is 20.8. The Hall–Kier alpha value is -4.21. The van der Waals surface area contributed by atoms with Crippen molar-refractivity contribution in [1.82, 2.24) is 30.3 Å². The Morgan fingerprint density at radius 3 is 2.67 bits per heavy atom. The van der Waals surface area contributed by atoms with Gasteiger partial charge in [0, 0.05) is 49.7 Å². The van der Waals surface area contributed by atoms with Crippen molar-refractivity contribution < 1.29 is 18.8 Å². The van der Waals surface area contributed by atoms with E-state index in [4.69, 9.17) is 9.26 Å². The standard InChI is InChI=1S/C26H30N6O4/c1-26(2,3)35-25(34)29-20(15-17-16-32(4)21-11-6-5-9-18(17)21)24(33)28-14-12-22-30-23(31-36-22)19-10-7-8-13-27-19/h5-11,13,16,20H,12,14-15H2,1-4H3,(H,28,33)(H,29,34). The average molecular weight is 491 g/mol. The SMILES string of the molecule is Cn1cc(CC(NC(=O)OC(C)(C)C)C(=O)NCCc2nc(-c3ccccn3)no2)c2ccccc21. The van der Waals surface area contributed by atoms with Gasteiger partial charge in [0.15, 0.2) is 0 Å². The van der Waals surface area contributed by atoms with E-state index in [0.717, 1.165) is 16.5 Å². The van der Waals surface area contributed by atoms with Crippen LogP contribution in [0.3, 0.4) is 0 Å². The molecule has 1 atom stereocenters. The molecule has 0 aliphatic heterocycles. The van der Waals surface area contributed by atoms with Crippen LogP contribution in [0.4, 0.5) is 4.79 Å². The molecule has 36 heavy (non-hydrogen) atoms. The number of benzene rings is 1. The molecule has 4 rings (SSSR count). The number of carbonyl (C=O) groups is 2. The van der Waals surface area contributed by atoms with Crippen LogP contribution in [0.1, 0.15) is 32.2 Å². The topological polar surface area (TPSA) is 124 Å². The van der Waals surface area contributed by atoms with Crippen molar-refractivity contribution in [2.45, 2.75) is 45.3 Å². The number of carbonyl (C=O) groups excluding carboxylic acids is 2. The first-order valence-electron chi connectivity index (χ1n) is 11.7. The lowest BCUT2D eigenvalue weighted by Gasteiger charge is -2.23. The molecule has 0 saturated carbocycles. The number of nitrogens with zero attached hydrogens (tertiary/aromatic N) is 4. The van der Waals surface area contributed by atoms with Gasteiger partial charge in [-0.15, -0.1) is 0 Å².